The SMILES string of the molecule is COc1cc(NCCCCCO)c(C)cc1/N=N/c1cc(S(=O)(=O)O)c(N)c(/N=N/c2ccccc2C)c1N. The van der Waals surface area contributed by atoms with Gasteiger partial charge in [-0.25, -0.2) is 0 Å². The lowest BCUT2D eigenvalue weighted by Crippen LogP contribution is -2.05. The van der Waals surface area contributed by atoms with Gasteiger partial charge >= 0.3 is 0 Å². The molecule has 7 N–H and O–H groups in total. The third kappa shape index (κ3) is 7.50. The number of unbranched alkanes of at least 4 members (excludes halogenated alkanes) is 2. The van der Waals surface area contributed by atoms with Gasteiger partial charge in [-0.05, 0) is 62.4 Å². The highest BCUT2D eigenvalue weighted by Gasteiger charge is 2.22. The number of azo groups is 2. The van der Waals surface area contributed by atoms with Gasteiger partial charge < -0.3 is 26.6 Å². The number of benzene rings is 3. The van der Waals surface area contributed by atoms with E-state index in [-0.39, 0.29) is 29.4 Å². The number of hydrogen-bond donors (Lipinski definition) is 5. The Labute approximate surface area is 227 Å². The molecule has 0 atom stereocenters. The molecule has 0 radical (unpaired) electrons. The number of nitrogen functional groups attached to an aromatic ring is 2. The van der Waals surface area contributed by atoms with E-state index in [1.807, 2.05) is 26.0 Å². The standard InChI is InChI=1S/C26H33N7O5S/c1-16-9-5-6-10-18(16)30-33-26-24(27)21(15-23(25(26)28)39(35,36)37)32-31-20-13-17(2)19(14-22(20)38-3)29-11-7-4-8-12-34/h5-6,9-10,13-15,29,34H,4,7-8,11-12,27-28H2,1-3H3,(H,35,36,37)/b32-31+,33-30+. The lowest BCUT2D eigenvalue weighted by Gasteiger charge is -2.13. The molecule has 3 aromatic carbocycles. The summed E-state index contributed by atoms with van der Waals surface area (Å²) in [6.45, 7) is 4.63. The molecular formula is C26H33N7O5S. The summed E-state index contributed by atoms with van der Waals surface area (Å²) in [5, 5.41) is 28.9. The Hall–Kier alpha value is -4.07. The third-order valence-electron chi connectivity index (χ3n) is 5.91. The molecule has 0 unspecified atom stereocenters. The minimum absolute atomic E-state index is 0.0714. The van der Waals surface area contributed by atoms with Crippen molar-refractivity contribution in [1.29, 1.82) is 0 Å². The number of aliphatic hydroxyl groups is 1. The minimum atomic E-state index is -4.74. The van der Waals surface area contributed by atoms with Gasteiger partial charge in [-0.2, -0.15) is 13.5 Å². The Balaban J connectivity index is 2.00. The smallest absolute Gasteiger partial charge is 0.296 e. The number of hydrogen-bond acceptors (Lipinski definition) is 11. The summed E-state index contributed by atoms with van der Waals surface area (Å²) in [7, 11) is -3.25. The topological polar surface area (TPSA) is 197 Å². The molecule has 0 aliphatic rings. The quantitative estimate of drug-likeness (QED) is 0.0760. The van der Waals surface area contributed by atoms with Crippen LogP contribution in [0.25, 0.3) is 0 Å². The maximum atomic E-state index is 12.0. The Kier molecular flexibility index (Phi) is 9.93. The highest BCUT2D eigenvalue weighted by Crippen LogP contribution is 2.44. The van der Waals surface area contributed by atoms with E-state index < -0.39 is 15.0 Å². The van der Waals surface area contributed by atoms with Crippen LogP contribution >= 0.6 is 0 Å². The van der Waals surface area contributed by atoms with Crippen molar-refractivity contribution < 1.29 is 22.8 Å². The van der Waals surface area contributed by atoms with E-state index >= 15 is 0 Å². The Bertz CT molecular complexity index is 1490. The molecule has 0 saturated carbocycles. The van der Waals surface area contributed by atoms with Crippen molar-refractivity contribution in [1.82, 2.24) is 0 Å². The number of nitrogens with two attached hydrogens (primary N) is 2. The second kappa shape index (κ2) is 13.1. The van der Waals surface area contributed by atoms with Gasteiger partial charge in [-0.1, -0.05) is 18.2 Å². The Morgan fingerprint density at radius 1 is 0.872 bits per heavy atom. The molecule has 0 bridgehead atoms. The molecule has 0 amide bonds. The normalized spacial score (nSPS) is 11.9. The van der Waals surface area contributed by atoms with Crippen LogP contribution in [0.4, 0.5) is 39.8 Å². The van der Waals surface area contributed by atoms with Gasteiger partial charge in [-0.3, -0.25) is 4.55 Å². The molecule has 0 aromatic heterocycles. The third-order valence-corrected chi connectivity index (χ3v) is 6.81. The number of anilines is 3. The molecule has 0 spiro atoms. The highest BCUT2D eigenvalue weighted by molar-refractivity contribution is 7.86. The predicted molar refractivity (Wildman–Crippen MR) is 152 cm³/mol. The highest BCUT2D eigenvalue weighted by atomic mass is 32.2. The summed E-state index contributed by atoms with van der Waals surface area (Å²) >= 11 is 0. The van der Waals surface area contributed by atoms with E-state index in [0.717, 1.165) is 48.7 Å². The number of aryl methyl sites for hydroxylation is 2. The molecule has 3 rings (SSSR count). The Morgan fingerprint density at radius 3 is 2.23 bits per heavy atom. The van der Waals surface area contributed by atoms with E-state index in [2.05, 4.69) is 25.8 Å². The van der Waals surface area contributed by atoms with Crippen LogP contribution in [0.3, 0.4) is 0 Å². The van der Waals surface area contributed by atoms with Crippen molar-refractivity contribution in [3.63, 3.8) is 0 Å². The van der Waals surface area contributed by atoms with Crippen LogP contribution in [0.1, 0.15) is 30.4 Å². The van der Waals surface area contributed by atoms with Crippen LogP contribution in [-0.2, 0) is 10.1 Å². The summed E-state index contributed by atoms with van der Waals surface area (Å²) in [6.07, 6.45) is 2.57. The molecule has 3 aromatic rings. The fourth-order valence-electron chi connectivity index (χ4n) is 3.70. The zero-order valence-electron chi connectivity index (χ0n) is 22.0. The number of methoxy groups -OCH3 is 1. The molecule has 0 heterocycles. The second-order valence-electron chi connectivity index (χ2n) is 8.78. The molecule has 0 saturated heterocycles. The molecule has 208 valence electrons. The molecule has 0 aliphatic heterocycles. The van der Waals surface area contributed by atoms with Crippen LogP contribution < -0.4 is 21.5 Å². The molecule has 0 fully saturated rings. The largest absolute Gasteiger partial charge is 0.494 e. The zero-order chi connectivity index (χ0) is 28.6. The first-order valence-electron chi connectivity index (χ1n) is 12.2. The zero-order valence-corrected chi connectivity index (χ0v) is 22.9. The molecule has 0 aliphatic carbocycles. The maximum Gasteiger partial charge on any atom is 0.296 e. The van der Waals surface area contributed by atoms with Gasteiger partial charge in [0, 0.05) is 24.9 Å². The van der Waals surface area contributed by atoms with Gasteiger partial charge in [0.1, 0.15) is 27.7 Å². The lowest BCUT2D eigenvalue weighted by molar-refractivity contribution is 0.283. The number of rotatable bonds is 12. The average Bonchev–Trinajstić information content (AvgIpc) is 2.89. The fourth-order valence-corrected chi connectivity index (χ4v) is 4.33. The molecular weight excluding hydrogens is 522 g/mol. The molecule has 13 heteroatoms. The van der Waals surface area contributed by atoms with Crippen molar-refractivity contribution in [2.24, 2.45) is 20.5 Å². The van der Waals surface area contributed by atoms with Crippen molar-refractivity contribution in [2.45, 2.75) is 38.0 Å². The van der Waals surface area contributed by atoms with Crippen molar-refractivity contribution in [3.8, 4) is 5.75 Å². The van der Waals surface area contributed by atoms with E-state index in [1.165, 1.54) is 7.11 Å². The monoisotopic (exact) mass is 555 g/mol. The van der Waals surface area contributed by atoms with E-state index in [0.29, 0.717) is 17.1 Å². The predicted octanol–water partition coefficient (Wildman–Crippen LogP) is 6.13. The summed E-state index contributed by atoms with van der Waals surface area (Å²) in [5.41, 5.74) is 15.0. The summed E-state index contributed by atoms with van der Waals surface area (Å²) in [5.74, 6) is 0.422. The van der Waals surface area contributed by atoms with Crippen LogP contribution in [0.2, 0.25) is 0 Å². The van der Waals surface area contributed by atoms with Crippen LogP contribution in [0, 0.1) is 13.8 Å². The van der Waals surface area contributed by atoms with Gasteiger partial charge in [0.05, 0.1) is 24.2 Å². The summed E-state index contributed by atoms with van der Waals surface area (Å²) in [4.78, 5) is -0.617. The van der Waals surface area contributed by atoms with Crippen LogP contribution in [0.5, 0.6) is 5.75 Å². The fraction of sp³-hybridized carbons (Fsp3) is 0.308. The first-order chi connectivity index (χ1) is 18.6. The molecule has 39 heavy (non-hydrogen) atoms. The maximum absolute atomic E-state index is 12.0. The number of nitrogens with zero attached hydrogens (tertiary/aromatic N) is 4. The number of ether oxygens (including phenoxy) is 1. The van der Waals surface area contributed by atoms with Gasteiger partial charge in [0.2, 0.25) is 0 Å². The lowest BCUT2D eigenvalue weighted by atomic mass is 10.1. The molecule has 12 nitrogen and oxygen atoms in total. The Morgan fingerprint density at radius 2 is 1.56 bits per heavy atom. The van der Waals surface area contributed by atoms with E-state index in [9.17, 15) is 13.0 Å². The van der Waals surface area contributed by atoms with Crippen LogP contribution in [-0.4, -0.2) is 38.3 Å². The van der Waals surface area contributed by atoms with Gasteiger partial charge in [0.25, 0.3) is 10.1 Å². The van der Waals surface area contributed by atoms with E-state index in [4.69, 9.17) is 21.3 Å². The first-order valence-corrected chi connectivity index (χ1v) is 13.6. The number of nitrogens with one attached hydrogen (secondary N) is 1. The van der Waals surface area contributed by atoms with Crippen molar-refractivity contribution in [3.05, 3.63) is 53.6 Å². The van der Waals surface area contributed by atoms with Gasteiger partial charge in [0.15, 0.2) is 0 Å². The first kappa shape index (κ1) is 29.5. The van der Waals surface area contributed by atoms with Crippen molar-refractivity contribution in [2.75, 3.05) is 37.0 Å². The number of aliphatic hydroxyl groups excluding tert-OH is 1. The second-order valence-corrected chi connectivity index (χ2v) is 10.2. The minimum Gasteiger partial charge on any atom is -0.494 e. The summed E-state index contributed by atoms with van der Waals surface area (Å²) < 4.78 is 39.3. The van der Waals surface area contributed by atoms with Gasteiger partial charge in [-0.15, -0.1) is 15.3 Å². The average molecular weight is 556 g/mol. The van der Waals surface area contributed by atoms with Crippen LogP contribution in [0.15, 0.2) is 67.8 Å². The van der Waals surface area contributed by atoms with E-state index in [1.54, 1.807) is 24.3 Å². The summed E-state index contributed by atoms with van der Waals surface area (Å²) in [6, 6.07) is 11.7. The van der Waals surface area contributed by atoms with Crippen molar-refractivity contribution >= 4 is 49.9 Å².